The maximum absolute atomic E-state index is 6.56. The van der Waals surface area contributed by atoms with E-state index in [-0.39, 0.29) is 5.60 Å². The maximum Gasteiger partial charge on any atom is 0.0685 e. The van der Waals surface area contributed by atoms with E-state index in [1.54, 1.807) is 0 Å². The molecule has 1 spiro atoms. The smallest absolute Gasteiger partial charge is 0.0685 e. The fourth-order valence-electron chi connectivity index (χ4n) is 4.37. The highest BCUT2D eigenvalue weighted by Crippen LogP contribution is 2.44. The molecule has 3 aliphatic rings. The quantitative estimate of drug-likeness (QED) is 0.822. The first-order valence-electron chi connectivity index (χ1n) is 7.71. The standard InChI is InChI=1S/C15H27NO2/c1-11-13(5-8-17-11)14(16)12-4-9-18-15(10-12)6-2-3-7-15/h11-14H,2-10,16H2,1H3. The summed E-state index contributed by atoms with van der Waals surface area (Å²) in [5.41, 5.74) is 6.76. The molecular formula is C15H27NO2. The Balaban J connectivity index is 1.64. The van der Waals surface area contributed by atoms with Gasteiger partial charge in [-0.2, -0.15) is 0 Å². The summed E-state index contributed by atoms with van der Waals surface area (Å²) in [6, 6.07) is 0.309. The largest absolute Gasteiger partial charge is 0.378 e. The first kappa shape index (κ1) is 12.9. The van der Waals surface area contributed by atoms with Crippen LogP contribution >= 0.6 is 0 Å². The second kappa shape index (κ2) is 5.10. The molecule has 3 heteroatoms. The zero-order valence-electron chi connectivity index (χ0n) is 11.6. The lowest BCUT2D eigenvalue weighted by Crippen LogP contribution is -2.48. The third-order valence-electron chi connectivity index (χ3n) is 5.52. The number of hydrogen-bond acceptors (Lipinski definition) is 3. The van der Waals surface area contributed by atoms with E-state index in [2.05, 4.69) is 6.92 Å². The predicted octanol–water partition coefficient (Wildman–Crippen LogP) is 2.48. The van der Waals surface area contributed by atoms with E-state index < -0.39 is 0 Å². The van der Waals surface area contributed by atoms with Crippen molar-refractivity contribution in [3.8, 4) is 0 Å². The summed E-state index contributed by atoms with van der Waals surface area (Å²) < 4.78 is 11.8. The van der Waals surface area contributed by atoms with Gasteiger partial charge >= 0.3 is 0 Å². The molecule has 0 aromatic carbocycles. The molecule has 4 atom stereocenters. The van der Waals surface area contributed by atoms with Crippen molar-refractivity contribution in [2.45, 2.75) is 69.6 Å². The van der Waals surface area contributed by atoms with Gasteiger partial charge < -0.3 is 15.2 Å². The average molecular weight is 253 g/mol. The molecule has 0 radical (unpaired) electrons. The molecule has 3 fully saturated rings. The minimum atomic E-state index is 0.198. The van der Waals surface area contributed by atoms with Crippen LogP contribution in [0.15, 0.2) is 0 Å². The fourth-order valence-corrected chi connectivity index (χ4v) is 4.37. The van der Waals surface area contributed by atoms with Gasteiger partial charge in [0.25, 0.3) is 0 Å². The second-order valence-corrected chi connectivity index (χ2v) is 6.60. The summed E-state index contributed by atoms with van der Waals surface area (Å²) in [6.45, 7) is 4.00. The van der Waals surface area contributed by atoms with Gasteiger partial charge in [-0.15, -0.1) is 0 Å². The van der Waals surface area contributed by atoms with Crippen molar-refractivity contribution in [3.05, 3.63) is 0 Å². The van der Waals surface area contributed by atoms with Gasteiger partial charge in [-0.3, -0.25) is 0 Å². The molecule has 4 unspecified atom stereocenters. The Hall–Kier alpha value is -0.120. The number of ether oxygens (including phenoxy) is 2. The third kappa shape index (κ3) is 2.33. The molecular weight excluding hydrogens is 226 g/mol. The Morgan fingerprint density at radius 1 is 1.17 bits per heavy atom. The van der Waals surface area contributed by atoms with E-state index in [9.17, 15) is 0 Å². The van der Waals surface area contributed by atoms with Crippen LogP contribution in [-0.2, 0) is 9.47 Å². The zero-order valence-corrected chi connectivity index (χ0v) is 11.6. The number of nitrogens with two attached hydrogens (primary N) is 1. The summed E-state index contributed by atoms with van der Waals surface area (Å²) in [5.74, 6) is 1.21. The van der Waals surface area contributed by atoms with Crippen molar-refractivity contribution in [1.82, 2.24) is 0 Å². The van der Waals surface area contributed by atoms with E-state index in [4.69, 9.17) is 15.2 Å². The van der Waals surface area contributed by atoms with Gasteiger partial charge in [0.15, 0.2) is 0 Å². The molecule has 18 heavy (non-hydrogen) atoms. The van der Waals surface area contributed by atoms with Crippen molar-refractivity contribution >= 4 is 0 Å². The topological polar surface area (TPSA) is 44.5 Å². The highest BCUT2D eigenvalue weighted by molar-refractivity contribution is 4.96. The molecule has 3 nitrogen and oxygen atoms in total. The predicted molar refractivity (Wildman–Crippen MR) is 71.4 cm³/mol. The molecule has 1 saturated carbocycles. The molecule has 0 bridgehead atoms. The molecule has 2 N–H and O–H groups in total. The van der Waals surface area contributed by atoms with Gasteiger partial charge in [-0.25, -0.2) is 0 Å². The fraction of sp³-hybridized carbons (Fsp3) is 1.00. The first-order valence-corrected chi connectivity index (χ1v) is 7.71. The summed E-state index contributed by atoms with van der Waals surface area (Å²) >= 11 is 0. The number of rotatable bonds is 2. The van der Waals surface area contributed by atoms with Crippen LogP contribution in [0.1, 0.15) is 51.9 Å². The van der Waals surface area contributed by atoms with Crippen LogP contribution < -0.4 is 5.73 Å². The Morgan fingerprint density at radius 2 is 1.94 bits per heavy atom. The molecule has 0 amide bonds. The van der Waals surface area contributed by atoms with Crippen molar-refractivity contribution in [3.63, 3.8) is 0 Å². The van der Waals surface area contributed by atoms with Crippen molar-refractivity contribution in [2.24, 2.45) is 17.6 Å². The zero-order chi connectivity index (χ0) is 12.6. The summed E-state index contributed by atoms with van der Waals surface area (Å²) in [6.07, 6.45) is 9.02. The van der Waals surface area contributed by atoms with Crippen LogP contribution in [0, 0.1) is 11.8 Å². The van der Waals surface area contributed by atoms with E-state index in [0.29, 0.717) is 24.0 Å². The molecule has 104 valence electrons. The molecule has 2 saturated heterocycles. The molecule has 2 aliphatic heterocycles. The molecule has 2 heterocycles. The molecule has 0 aromatic heterocycles. The van der Waals surface area contributed by atoms with Gasteiger partial charge in [0, 0.05) is 25.2 Å². The van der Waals surface area contributed by atoms with Crippen LogP contribution in [0.5, 0.6) is 0 Å². The van der Waals surface area contributed by atoms with Crippen LogP contribution in [0.25, 0.3) is 0 Å². The minimum Gasteiger partial charge on any atom is -0.378 e. The monoisotopic (exact) mass is 253 g/mol. The van der Waals surface area contributed by atoms with Crippen molar-refractivity contribution in [1.29, 1.82) is 0 Å². The van der Waals surface area contributed by atoms with Gasteiger partial charge in [0.2, 0.25) is 0 Å². The van der Waals surface area contributed by atoms with Crippen molar-refractivity contribution in [2.75, 3.05) is 13.2 Å². The van der Waals surface area contributed by atoms with Gasteiger partial charge in [0.05, 0.1) is 11.7 Å². The van der Waals surface area contributed by atoms with Gasteiger partial charge in [-0.05, 0) is 44.9 Å². The van der Waals surface area contributed by atoms with E-state index >= 15 is 0 Å². The Kier molecular flexibility index (Phi) is 3.65. The van der Waals surface area contributed by atoms with E-state index in [1.807, 2.05) is 0 Å². The lowest BCUT2D eigenvalue weighted by atomic mass is 9.75. The highest BCUT2D eigenvalue weighted by Gasteiger charge is 2.44. The van der Waals surface area contributed by atoms with Gasteiger partial charge in [0.1, 0.15) is 0 Å². The highest BCUT2D eigenvalue weighted by atomic mass is 16.5. The first-order chi connectivity index (χ1) is 8.70. The number of hydrogen-bond donors (Lipinski definition) is 1. The van der Waals surface area contributed by atoms with E-state index in [0.717, 1.165) is 26.1 Å². The van der Waals surface area contributed by atoms with Crippen LogP contribution in [0.2, 0.25) is 0 Å². The lowest BCUT2D eigenvalue weighted by molar-refractivity contribution is -0.0998. The summed E-state index contributed by atoms with van der Waals surface area (Å²) in [5, 5.41) is 0. The van der Waals surface area contributed by atoms with Crippen LogP contribution in [-0.4, -0.2) is 31.0 Å². The van der Waals surface area contributed by atoms with Crippen LogP contribution in [0.3, 0.4) is 0 Å². The van der Waals surface area contributed by atoms with Crippen LogP contribution in [0.4, 0.5) is 0 Å². The molecule has 1 aliphatic carbocycles. The maximum atomic E-state index is 6.56. The molecule has 0 aromatic rings. The Morgan fingerprint density at radius 3 is 2.61 bits per heavy atom. The van der Waals surface area contributed by atoms with Crippen molar-refractivity contribution < 1.29 is 9.47 Å². The summed E-state index contributed by atoms with van der Waals surface area (Å²) in [7, 11) is 0. The Bertz CT molecular complexity index is 288. The lowest BCUT2D eigenvalue weighted by Gasteiger charge is -2.42. The normalized spacial score (nSPS) is 41.3. The molecule has 3 rings (SSSR count). The average Bonchev–Trinajstić information content (AvgIpc) is 2.98. The summed E-state index contributed by atoms with van der Waals surface area (Å²) in [4.78, 5) is 0. The SMILES string of the molecule is CC1OCCC1C(N)C1CCOC2(CCCC2)C1. The Labute approximate surface area is 110 Å². The minimum absolute atomic E-state index is 0.198. The second-order valence-electron chi connectivity index (χ2n) is 6.60. The van der Waals surface area contributed by atoms with Gasteiger partial charge in [-0.1, -0.05) is 12.8 Å². The third-order valence-corrected chi connectivity index (χ3v) is 5.52. The van der Waals surface area contributed by atoms with E-state index in [1.165, 1.54) is 32.1 Å².